The van der Waals surface area contributed by atoms with Gasteiger partial charge in [-0.25, -0.2) is 9.78 Å². The number of imidazole rings is 1. The van der Waals surface area contributed by atoms with E-state index in [-0.39, 0.29) is 23.8 Å². The van der Waals surface area contributed by atoms with Gasteiger partial charge in [0.15, 0.2) is 0 Å². The molecule has 1 aliphatic heterocycles. The first kappa shape index (κ1) is 19.8. The van der Waals surface area contributed by atoms with Crippen molar-refractivity contribution in [1.29, 1.82) is 0 Å². The van der Waals surface area contributed by atoms with Crippen molar-refractivity contribution in [3.05, 3.63) is 17.7 Å². The standard InChI is InChI=1S/C19H28N4O3/c1-12(2)8-9-14-11-20-17(21-14)15-7-6-10-23(15)18(24)16(13(3)4)22-19(25)26-5/h11-13,15-16H,6-7,10H2,1-5H3,(H,20,21)(H,22,25)/t15-,16?/m1/s1. The van der Waals surface area contributed by atoms with Gasteiger partial charge in [-0.3, -0.25) is 4.79 Å². The summed E-state index contributed by atoms with van der Waals surface area (Å²) in [6.07, 6.45) is 2.84. The highest BCUT2D eigenvalue weighted by atomic mass is 16.5. The van der Waals surface area contributed by atoms with Gasteiger partial charge in [0.05, 0.1) is 19.3 Å². The predicted octanol–water partition coefficient (Wildman–Crippen LogP) is 2.46. The molecule has 0 spiro atoms. The number of carbonyl (C=O) groups excluding carboxylic acids is 2. The summed E-state index contributed by atoms with van der Waals surface area (Å²) < 4.78 is 4.65. The number of nitrogens with zero attached hydrogens (tertiary/aromatic N) is 2. The van der Waals surface area contributed by atoms with Crippen molar-refractivity contribution in [1.82, 2.24) is 20.2 Å². The zero-order valence-electron chi connectivity index (χ0n) is 16.1. The minimum atomic E-state index is -0.627. The maximum atomic E-state index is 13.0. The largest absolute Gasteiger partial charge is 0.453 e. The van der Waals surface area contributed by atoms with E-state index < -0.39 is 12.1 Å². The Hall–Kier alpha value is -2.49. The molecule has 0 aliphatic carbocycles. The van der Waals surface area contributed by atoms with E-state index in [4.69, 9.17) is 0 Å². The topological polar surface area (TPSA) is 87.3 Å². The van der Waals surface area contributed by atoms with Gasteiger partial charge >= 0.3 is 6.09 Å². The maximum absolute atomic E-state index is 13.0. The Bertz CT molecular complexity index is 699. The fourth-order valence-electron chi connectivity index (χ4n) is 2.98. The Morgan fingerprint density at radius 1 is 1.38 bits per heavy atom. The highest BCUT2D eigenvalue weighted by molar-refractivity contribution is 5.86. The number of H-pyrrole nitrogens is 1. The van der Waals surface area contributed by atoms with E-state index in [2.05, 4.69) is 31.9 Å². The number of aromatic amines is 1. The monoisotopic (exact) mass is 360 g/mol. The van der Waals surface area contributed by atoms with E-state index in [1.165, 1.54) is 7.11 Å². The van der Waals surface area contributed by atoms with Crippen LogP contribution in [-0.2, 0) is 9.53 Å². The number of ether oxygens (including phenoxy) is 1. The summed E-state index contributed by atoms with van der Waals surface area (Å²) in [5, 5.41) is 2.65. The number of nitrogens with one attached hydrogen (secondary N) is 2. The lowest BCUT2D eigenvalue weighted by Gasteiger charge is -2.29. The summed E-state index contributed by atoms with van der Waals surface area (Å²) in [4.78, 5) is 34.1. The third kappa shape index (κ3) is 4.78. The Balaban J connectivity index is 2.17. The molecule has 1 aromatic rings. The molecule has 0 saturated carbocycles. The second kappa shape index (κ2) is 8.75. The lowest BCUT2D eigenvalue weighted by molar-refractivity contribution is -0.135. The first-order valence-electron chi connectivity index (χ1n) is 9.04. The van der Waals surface area contributed by atoms with E-state index in [0.29, 0.717) is 6.54 Å². The number of methoxy groups -OCH3 is 1. The molecule has 2 N–H and O–H groups in total. The van der Waals surface area contributed by atoms with Gasteiger partial charge in [-0.05, 0) is 24.7 Å². The number of amides is 2. The van der Waals surface area contributed by atoms with Crippen LogP contribution in [0, 0.1) is 23.7 Å². The van der Waals surface area contributed by atoms with Gasteiger partial charge in [0.25, 0.3) is 0 Å². The van der Waals surface area contributed by atoms with E-state index >= 15 is 0 Å². The number of alkyl carbamates (subject to hydrolysis) is 1. The third-order valence-electron chi connectivity index (χ3n) is 4.33. The Morgan fingerprint density at radius 2 is 2.12 bits per heavy atom. The summed E-state index contributed by atoms with van der Waals surface area (Å²) in [5.41, 5.74) is 0.751. The number of likely N-dealkylation sites (tertiary alicyclic amines) is 1. The smallest absolute Gasteiger partial charge is 0.407 e. The minimum absolute atomic E-state index is 0.0491. The molecule has 1 aliphatic rings. The number of hydrogen-bond donors (Lipinski definition) is 2. The summed E-state index contributed by atoms with van der Waals surface area (Å²) >= 11 is 0. The molecule has 2 atom stereocenters. The summed E-state index contributed by atoms with van der Waals surface area (Å²) in [5.74, 6) is 7.02. The van der Waals surface area contributed by atoms with Crippen LogP contribution in [-0.4, -0.2) is 46.6 Å². The fraction of sp³-hybridized carbons (Fsp3) is 0.632. The van der Waals surface area contributed by atoms with Crippen LogP contribution in [0.3, 0.4) is 0 Å². The van der Waals surface area contributed by atoms with Crippen molar-refractivity contribution >= 4 is 12.0 Å². The first-order chi connectivity index (χ1) is 12.3. The average molecular weight is 360 g/mol. The van der Waals surface area contributed by atoms with Gasteiger partial charge in [-0.1, -0.05) is 33.6 Å². The molecule has 1 unspecified atom stereocenters. The van der Waals surface area contributed by atoms with Gasteiger partial charge in [-0.2, -0.15) is 0 Å². The molecule has 142 valence electrons. The van der Waals surface area contributed by atoms with Gasteiger partial charge in [-0.15, -0.1) is 0 Å². The second-order valence-electron chi connectivity index (χ2n) is 7.15. The quantitative estimate of drug-likeness (QED) is 0.808. The van der Waals surface area contributed by atoms with Crippen LogP contribution in [0.25, 0.3) is 0 Å². The molecule has 0 bridgehead atoms. The third-order valence-corrected chi connectivity index (χ3v) is 4.33. The molecule has 2 rings (SSSR count). The molecule has 2 heterocycles. The highest BCUT2D eigenvalue weighted by Gasteiger charge is 2.37. The van der Waals surface area contributed by atoms with Gasteiger partial charge in [0.1, 0.15) is 17.6 Å². The molecule has 1 fully saturated rings. The van der Waals surface area contributed by atoms with E-state index in [0.717, 1.165) is 24.4 Å². The van der Waals surface area contributed by atoms with Crippen molar-refractivity contribution in [2.24, 2.45) is 11.8 Å². The van der Waals surface area contributed by atoms with Crippen LogP contribution < -0.4 is 5.32 Å². The van der Waals surface area contributed by atoms with Crippen molar-refractivity contribution in [3.8, 4) is 11.8 Å². The molecule has 1 saturated heterocycles. The number of carbonyl (C=O) groups is 2. The number of aromatic nitrogens is 2. The van der Waals surface area contributed by atoms with Gasteiger partial charge in [0, 0.05) is 12.5 Å². The van der Waals surface area contributed by atoms with Gasteiger partial charge < -0.3 is 19.9 Å². The van der Waals surface area contributed by atoms with Crippen LogP contribution in [0.15, 0.2) is 6.20 Å². The van der Waals surface area contributed by atoms with Crippen LogP contribution in [0.4, 0.5) is 4.79 Å². The minimum Gasteiger partial charge on any atom is -0.453 e. The zero-order chi connectivity index (χ0) is 19.3. The fourth-order valence-corrected chi connectivity index (χ4v) is 2.98. The molecule has 7 nitrogen and oxygen atoms in total. The summed E-state index contributed by atoms with van der Waals surface area (Å²) in [6, 6.07) is -0.754. The van der Waals surface area contributed by atoms with Crippen molar-refractivity contribution in [3.63, 3.8) is 0 Å². The Kier molecular flexibility index (Phi) is 6.67. The molecule has 0 radical (unpaired) electrons. The highest BCUT2D eigenvalue weighted by Crippen LogP contribution is 2.31. The van der Waals surface area contributed by atoms with Crippen LogP contribution in [0.1, 0.15) is 58.1 Å². The SMILES string of the molecule is COC(=O)NC(C(=O)N1CCC[C@@H]1c1ncc(C#CC(C)C)[nH]1)C(C)C. The molecule has 1 aromatic heterocycles. The van der Waals surface area contributed by atoms with Crippen molar-refractivity contribution in [2.45, 2.75) is 52.6 Å². The lowest BCUT2D eigenvalue weighted by Crippen LogP contribution is -2.51. The second-order valence-corrected chi connectivity index (χ2v) is 7.15. The molecule has 0 aromatic carbocycles. The Labute approximate surface area is 154 Å². The molecule has 7 heteroatoms. The average Bonchev–Trinajstić information content (AvgIpc) is 3.25. The normalized spacial score (nSPS) is 17.8. The lowest BCUT2D eigenvalue weighted by atomic mass is 10.0. The first-order valence-corrected chi connectivity index (χ1v) is 9.04. The van der Waals surface area contributed by atoms with E-state index in [1.807, 2.05) is 27.7 Å². The number of hydrogen-bond acceptors (Lipinski definition) is 4. The van der Waals surface area contributed by atoms with Crippen molar-refractivity contribution in [2.75, 3.05) is 13.7 Å². The Morgan fingerprint density at radius 3 is 2.73 bits per heavy atom. The zero-order valence-corrected chi connectivity index (χ0v) is 16.1. The molecular weight excluding hydrogens is 332 g/mol. The van der Waals surface area contributed by atoms with Crippen molar-refractivity contribution < 1.29 is 14.3 Å². The molecule has 26 heavy (non-hydrogen) atoms. The summed E-state index contributed by atoms with van der Waals surface area (Å²) in [6.45, 7) is 8.50. The summed E-state index contributed by atoms with van der Waals surface area (Å²) in [7, 11) is 1.29. The maximum Gasteiger partial charge on any atom is 0.407 e. The predicted molar refractivity (Wildman–Crippen MR) is 98.2 cm³/mol. The van der Waals surface area contributed by atoms with Crippen LogP contribution in [0.2, 0.25) is 0 Å². The van der Waals surface area contributed by atoms with E-state index in [9.17, 15) is 9.59 Å². The van der Waals surface area contributed by atoms with Gasteiger partial charge in [0.2, 0.25) is 5.91 Å². The molecule has 2 amide bonds. The van der Waals surface area contributed by atoms with Crippen LogP contribution in [0.5, 0.6) is 0 Å². The van der Waals surface area contributed by atoms with Crippen LogP contribution >= 0.6 is 0 Å². The van der Waals surface area contributed by atoms with E-state index in [1.54, 1.807) is 11.1 Å². The number of rotatable bonds is 4. The molecular formula is C19H28N4O3.